The number of carboxylic acid groups (broad SMARTS) is 1. The summed E-state index contributed by atoms with van der Waals surface area (Å²) in [4.78, 5) is 13.2. The van der Waals surface area contributed by atoms with Gasteiger partial charge in [0.05, 0.1) is 0 Å². The monoisotopic (exact) mass is 340 g/mol. The molecule has 2 aromatic carbocycles. The number of aromatic nitrogens is 1. The molecular formula is C20H24N2O3. The Balaban J connectivity index is 0.000000242. The molecule has 0 fully saturated rings. The third-order valence-electron chi connectivity index (χ3n) is 3.78. The largest absolute Gasteiger partial charge is 0.489 e. The Morgan fingerprint density at radius 1 is 1.16 bits per heavy atom. The zero-order valence-electron chi connectivity index (χ0n) is 14.5. The van der Waals surface area contributed by atoms with Crippen molar-refractivity contribution in [2.24, 2.45) is 11.7 Å². The van der Waals surface area contributed by atoms with Gasteiger partial charge in [-0.3, -0.25) is 4.79 Å². The van der Waals surface area contributed by atoms with Crippen LogP contribution in [0, 0.1) is 5.92 Å². The number of H-pyrrole nitrogens is 1. The maximum absolute atomic E-state index is 10.0. The number of rotatable bonds is 5. The van der Waals surface area contributed by atoms with Crippen LogP contribution < -0.4 is 10.5 Å². The molecule has 0 radical (unpaired) electrons. The Morgan fingerprint density at radius 2 is 1.88 bits per heavy atom. The van der Waals surface area contributed by atoms with Crippen molar-refractivity contribution < 1.29 is 14.6 Å². The molecule has 5 nitrogen and oxygen atoms in total. The molecule has 3 aromatic rings. The fourth-order valence-electron chi connectivity index (χ4n) is 2.15. The van der Waals surface area contributed by atoms with E-state index >= 15 is 0 Å². The van der Waals surface area contributed by atoms with E-state index in [0.29, 0.717) is 6.61 Å². The molecule has 0 bridgehead atoms. The zero-order valence-corrected chi connectivity index (χ0v) is 14.5. The maximum atomic E-state index is 10.0. The number of ether oxygens (including phenoxy) is 1. The second-order valence-electron chi connectivity index (χ2n) is 6.11. The fraction of sp³-hybridized carbons (Fsp3) is 0.250. The van der Waals surface area contributed by atoms with Gasteiger partial charge >= 0.3 is 5.97 Å². The van der Waals surface area contributed by atoms with Crippen LogP contribution in [-0.2, 0) is 11.4 Å². The second kappa shape index (κ2) is 8.89. The van der Waals surface area contributed by atoms with Crippen molar-refractivity contribution >= 4 is 16.9 Å². The quantitative estimate of drug-likeness (QED) is 0.659. The molecule has 0 aliphatic heterocycles. The summed E-state index contributed by atoms with van der Waals surface area (Å²) in [5.41, 5.74) is 7.48. The van der Waals surface area contributed by atoms with Crippen LogP contribution in [-0.4, -0.2) is 22.1 Å². The van der Waals surface area contributed by atoms with Crippen LogP contribution in [0.3, 0.4) is 0 Å². The molecule has 3 rings (SSSR count). The third kappa shape index (κ3) is 5.65. The normalized spacial score (nSPS) is 11.7. The van der Waals surface area contributed by atoms with Gasteiger partial charge in [0.25, 0.3) is 0 Å². The second-order valence-corrected chi connectivity index (χ2v) is 6.11. The predicted molar refractivity (Wildman–Crippen MR) is 99.5 cm³/mol. The summed E-state index contributed by atoms with van der Waals surface area (Å²) in [6.45, 7) is 4.16. The van der Waals surface area contributed by atoms with Crippen LogP contribution in [0.2, 0.25) is 0 Å². The number of benzene rings is 2. The third-order valence-corrected chi connectivity index (χ3v) is 3.78. The van der Waals surface area contributed by atoms with Crippen molar-refractivity contribution in [2.45, 2.75) is 26.5 Å². The maximum Gasteiger partial charge on any atom is 0.320 e. The number of hydrogen-bond donors (Lipinski definition) is 3. The Hall–Kier alpha value is -2.79. The van der Waals surface area contributed by atoms with Gasteiger partial charge in [0.15, 0.2) is 0 Å². The minimum Gasteiger partial charge on any atom is -0.489 e. The summed E-state index contributed by atoms with van der Waals surface area (Å²) in [6.07, 6.45) is 1.94. The van der Waals surface area contributed by atoms with Gasteiger partial charge in [-0.1, -0.05) is 44.2 Å². The summed E-state index contributed by atoms with van der Waals surface area (Å²) in [7, 11) is 0. The first-order valence-electron chi connectivity index (χ1n) is 8.19. The van der Waals surface area contributed by atoms with E-state index in [4.69, 9.17) is 15.6 Å². The molecule has 132 valence electrons. The zero-order chi connectivity index (χ0) is 18.2. The van der Waals surface area contributed by atoms with E-state index in [0.717, 1.165) is 11.3 Å². The van der Waals surface area contributed by atoms with E-state index in [1.54, 1.807) is 13.8 Å². The van der Waals surface area contributed by atoms with E-state index in [2.05, 4.69) is 23.2 Å². The first kappa shape index (κ1) is 18.5. The molecule has 1 atom stereocenters. The Kier molecular flexibility index (Phi) is 6.60. The lowest BCUT2D eigenvalue weighted by atomic mass is 10.1. The van der Waals surface area contributed by atoms with E-state index in [-0.39, 0.29) is 5.92 Å². The highest BCUT2D eigenvalue weighted by molar-refractivity contribution is 5.80. The molecule has 5 heteroatoms. The van der Waals surface area contributed by atoms with Crippen LogP contribution >= 0.6 is 0 Å². The lowest BCUT2D eigenvalue weighted by molar-refractivity contribution is -0.139. The van der Waals surface area contributed by atoms with Crippen molar-refractivity contribution in [2.75, 3.05) is 0 Å². The highest BCUT2D eigenvalue weighted by Crippen LogP contribution is 2.20. The van der Waals surface area contributed by atoms with Gasteiger partial charge in [-0.2, -0.15) is 0 Å². The van der Waals surface area contributed by atoms with Gasteiger partial charge in [0.1, 0.15) is 18.4 Å². The first-order chi connectivity index (χ1) is 12.0. The standard InChI is InChI=1S/C15H13NO.C5H11NO2/c1-2-4-12(5-3-1)11-17-14-6-7-15-13(10-14)8-9-16-15;1-3(2)4(6)5(7)8/h1-10,16H,11H2;3-4H,6H2,1-2H3,(H,7,8)/t;4-/m.0/s1. The molecule has 0 aliphatic carbocycles. The van der Waals surface area contributed by atoms with Crippen LogP contribution in [0.15, 0.2) is 60.8 Å². The lowest BCUT2D eigenvalue weighted by Gasteiger charge is -2.07. The molecule has 0 spiro atoms. The SMILES string of the molecule is CC(C)[C@H](N)C(=O)O.c1ccc(COc2ccc3[nH]ccc3c2)cc1. The topological polar surface area (TPSA) is 88.3 Å². The fourth-order valence-corrected chi connectivity index (χ4v) is 2.15. The van der Waals surface area contributed by atoms with Gasteiger partial charge in [-0.15, -0.1) is 0 Å². The van der Waals surface area contributed by atoms with Gasteiger partial charge in [0.2, 0.25) is 0 Å². The molecule has 1 aromatic heterocycles. The van der Waals surface area contributed by atoms with E-state index < -0.39 is 12.0 Å². The minimum absolute atomic E-state index is 0.0208. The molecule has 0 aliphatic rings. The number of fused-ring (bicyclic) bond motifs is 1. The summed E-state index contributed by atoms with van der Waals surface area (Å²) >= 11 is 0. The van der Waals surface area contributed by atoms with Gasteiger partial charge in [-0.25, -0.2) is 0 Å². The lowest BCUT2D eigenvalue weighted by Crippen LogP contribution is -2.34. The van der Waals surface area contributed by atoms with Gasteiger partial charge < -0.3 is 20.6 Å². The summed E-state index contributed by atoms with van der Waals surface area (Å²) < 4.78 is 5.76. The highest BCUT2D eigenvalue weighted by Gasteiger charge is 2.14. The molecule has 4 N–H and O–H groups in total. The molecule has 0 saturated carbocycles. The Bertz CT molecular complexity index is 797. The van der Waals surface area contributed by atoms with Crippen LogP contribution in [0.25, 0.3) is 10.9 Å². The molecule has 0 saturated heterocycles. The highest BCUT2D eigenvalue weighted by atomic mass is 16.5. The molecule has 25 heavy (non-hydrogen) atoms. The molecule has 0 unspecified atom stereocenters. The Morgan fingerprint density at radius 3 is 2.48 bits per heavy atom. The summed E-state index contributed by atoms with van der Waals surface area (Å²) in [5, 5.41) is 9.40. The van der Waals surface area contributed by atoms with Crippen molar-refractivity contribution in [3.63, 3.8) is 0 Å². The molecular weight excluding hydrogens is 316 g/mol. The number of carbonyl (C=O) groups is 1. The predicted octanol–water partition coefficient (Wildman–Crippen LogP) is 3.80. The minimum atomic E-state index is -0.931. The van der Waals surface area contributed by atoms with Crippen molar-refractivity contribution in [3.05, 3.63) is 66.4 Å². The van der Waals surface area contributed by atoms with Crippen molar-refractivity contribution in [1.82, 2.24) is 4.98 Å². The van der Waals surface area contributed by atoms with E-state index in [1.807, 2.05) is 42.6 Å². The number of aromatic amines is 1. The molecule has 1 heterocycles. The summed E-state index contributed by atoms with van der Waals surface area (Å²) in [6, 6.07) is 17.6. The average molecular weight is 340 g/mol. The average Bonchev–Trinajstić information content (AvgIpc) is 3.08. The number of hydrogen-bond acceptors (Lipinski definition) is 3. The van der Waals surface area contributed by atoms with Crippen LogP contribution in [0.4, 0.5) is 0 Å². The first-order valence-corrected chi connectivity index (χ1v) is 8.19. The van der Waals surface area contributed by atoms with E-state index in [1.165, 1.54) is 10.9 Å². The summed E-state index contributed by atoms with van der Waals surface area (Å²) in [5.74, 6) is -0.00606. The smallest absolute Gasteiger partial charge is 0.320 e. The number of carboxylic acids is 1. The number of nitrogens with one attached hydrogen (secondary N) is 1. The van der Waals surface area contributed by atoms with Crippen LogP contribution in [0.1, 0.15) is 19.4 Å². The number of aliphatic carboxylic acids is 1. The molecule has 0 amide bonds. The van der Waals surface area contributed by atoms with Gasteiger partial charge in [0, 0.05) is 17.1 Å². The Labute approximate surface area is 147 Å². The number of nitrogens with two attached hydrogens (primary N) is 1. The van der Waals surface area contributed by atoms with Crippen molar-refractivity contribution in [1.29, 1.82) is 0 Å². The van der Waals surface area contributed by atoms with Gasteiger partial charge in [-0.05, 0) is 35.7 Å². The van der Waals surface area contributed by atoms with Crippen molar-refractivity contribution in [3.8, 4) is 5.75 Å². The van der Waals surface area contributed by atoms with Crippen LogP contribution in [0.5, 0.6) is 5.75 Å². The van der Waals surface area contributed by atoms with E-state index in [9.17, 15) is 4.79 Å².